The number of anilines is 1. The van der Waals surface area contributed by atoms with E-state index in [2.05, 4.69) is 15.3 Å². The molecule has 1 N–H and O–H groups in total. The number of ether oxygens (including phenoxy) is 1. The summed E-state index contributed by atoms with van der Waals surface area (Å²) in [6.45, 7) is 2.46. The number of nitrogens with one attached hydrogen (secondary N) is 1. The second kappa shape index (κ2) is 8.40. The van der Waals surface area contributed by atoms with E-state index in [0.717, 1.165) is 28.4 Å². The molecule has 4 rings (SSSR count). The number of amides is 2. The van der Waals surface area contributed by atoms with Gasteiger partial charge in [0.15, 0.2) is 6.61 Å². The first-order chi connectivity index (χ1) is 14.2. The van der Waals surface area contributed by atoms with Crippen LogP contribution in [0.4, 0.5) is 5.69 Å². The molecule has 1 aliphatic heterocycles. The van der Waals surface area contributed by atoms with E-state index in [9.17, 15) is 9.59 Å². The molecule has 0 saturated heterocycles. The summed E-state index contributed by atoms with van der Waals surface area (Å²) < 4.78 is 5.54. The van der Waals surface area contributed by atoms with Crippen molar-refractivity contribution in [3.8, 4) is 27.7 Å². The molecule has 8 heteroatoms. The normalized spacial score (nSPS) is 13.0. The molecule has 0 aliphatic carbocycles. The van der Waals surface area contributed by atoms with Crippen LogP contribution in [0.2, 0.25) is 0 Å². The summed E-state index contributed by atoms with van der Waals surface area (Å²) in [5, 5.41) is 5.58. The third kappa shape index (κ3) is 4.12. The topological polar surface area (TPSA) is 84.4 Å². The summed E-state index contributed by atoms with van der Waals surface area (Å²) in [5.74, 6) is 0.148. The van der Waals surface area contributed by atoms with Gasteiger partial charge in [0, 0.05) is 23.7 Å². The van der Waals surface area contributed by atoms with Crippen molar-refractivity contribution in [3.05, 3.63) is 48.0 Å². The molecule has 0 spiro atoms. The molecule has 0 bridgehead atoms. The van der Waals surface area contributed by atoms with Gasteiger partial charge in [0.2, 0.25) is 5.91 Å². The van der Waals surface area contributed by atoms with E-state index in [1.54, 1.807) is 6.20 Å². The summed E-state index contributed by atoms with van der Waals surface area (Å²) in [6, 6.07) is 11.3. The number of aromatic nitrogens is 2. The van der Waals surface area contributed by atoms with Crippen LogP contribution in [-0.4, -0.2) is 41.5 Å². The predicted octanol–water partition coefficient (Wildman–Crippen LogP) is 3.12. The summed E-state index contributed by atoms with van der Waals surface area (Å²) in [4.78, 5) is 35.1. The van der Waals surface area contributed by atoms with Crippen molar-refractivity contribution < 1.29 is 14.3 Å². The Bertz CT molecular complexity index is 1040. The first kappa shape index (κ1) is 19.1. The maximum absolute atomic E-state index is 12.4. The lowest BCUT2D eigenvalue weighted by molar-refractivity contribution is -0.125. The minimum Gasteiger partial charge on any atom is -0.482 e. The van der Waals surface area contributed by atoms with Crippen molar-refractivity contribution in [1.82, 2.24) is 15.3 Å². The molecule has 148 valence electrons. The Kier molecular flexibility index (Phi) is 5.53. The Morgan fingerprint density at radius 3 is 2.97 bits per heavy atom. The number of fused-ring (bicyclic) bond motifs is 1. The molecule has 1 aromatic carbocycles. The molecular weight excluding hydrogens is 388 g/mol. The standard InChI is InChI=1S/C21H20N4O3S/c1-2-8-23-19(26)11-25-17-10-14(6-7-18(17)28-12-20(25)27)16-13-29-21(24-16)15-5-3-4-9-22-15/h3-7,9-10,13H,2,8,11-12H2,1H3,(H,23,26). The lowest BCUT2D eigenvalue weighted by Crippen LogP contribution is -2.45. The number of hydrogen-bond donors (Lipinski definition) is 1. The molecule has 3 aromatic rings. The van der Waals surface area contributed by atoms with Crippen LogP contribution in [0, 0.1) is 0 Å². The van der Waals surface area contributed by atoms with Gasteiger partial charge in [0.25, 0.3) is 5.91 Å². The highest BCUT2D eigenvalue weighted by Crippen LogP contribution is 2.37. The maximum atomic E-state index is 12.4. The van der Waals surface area contributed by atoms with Gasteiger partial charge in [-0.3, -0.25) is 19.5 Å². The van der Waals surface area contributed by atoms with Crippen molar-refractivity contribution >= 4 is 28.8 Å². The van der Waals surface area contributed by atoms with Gasteiger partial charge in [-0.05, 0) is 36.8 Å². The van der Waals surface area contributed by atoms with Gasteiger partial charge in [0.05, 0.1) is 17.1 Å². The Morgan fingerprint density at radius 1 is 1.28 bits per heavy atom. The average Bonchev–Trinajstić information content (AvgIpc) is 3.25. The average molecular weight is 408 g/mol. The smallest absolute Gasteiger partial charge is 0.265 e. The van der Waals surface area contributed by atoms with Crippen molar-refractivity contribution in [3.63, 3.8) is 0 Å². The second-order valence-corrected chi connectivity index (χ2v) is 7.41. The molecule has 2 aromatic heterocycles. The minimum atomic E-state index is -0.242. The van der Waals surface area contributed by atoms with Crippen molar-refractivity contribution in [2.75, 3.05) is 24.6 Å². The van der Waals surface area contributed by atoms with Crippen LogP contribution in [0.25, 0.3) is 22.0 Å². The van der Waals surface area contributed by atoms with E-state index < -0.39 is 0 Å². The third-order valence-electron chi connectivity index (χ3n) is 4.46. The van der Waals surface area contributed by atoms with Gasteiger partial charge < -0.3 is 10.1 Å². The zero-order valence-electron chi connectivity index (χ0n) is 15.9. The predicted molar refractivity (Wildman–Crippen MR) is 112 cm³/mol. The molecule has 1 aliphatic rings. The fourth-order valence-electron chi connectivity index (χ4n) is 3.01. The van der Waals surface area contributed by atoms with E-state index in [1.807, 2.05) is 48.7 Å². The number of carbonyl (C=O) groups is 2. The van der Waals surface area contributed by atoms with Crippen LogP contribution in [0.5, 0.6) is 5.75 Å². The lowest BCUT2D eigenvalue weighted by Gasteiger charge is -2.29. The van der Waals surface area contributed by atoms with Gasteiger partial charge in [-0.15, -0.1) is 11.3 Å². The number of nitrogens with zero attached hydrogens (tertiary/aromatic N) is 3. The highest BCUT2D eigenvalue weighted by atomic mass is 32.1. The quantitative estimate of drug-likeness (QED) is 0.677. The molecule has 0 radical (unpaired) electrons. The molecule has 0 fully saturated rings. The fraction of sp³-hybridized carbons (Fsp3) is 0.238. The number of thiazole rings is 1. The van der Waals surface area contributed by atoms with Crippen LogP contribution in [0.3, 0.4) is 0 Å². The molecule has 0 atom stereocenters. The first-order valence-corrected chi connectivity index (χ1v) is 10.2. The summed E-state index contributed by atoms with van der Waals surface area (Å²) >= 11 is 1.51. The monoisotopic (exact) mass is 408 g/mol. The highest BCUT2D eigenvalue weighted by Gasteiger charge is 2.28. The Morgan fingerprint density at radius 2 is 2.17 bits per heavy atom. The fourth-order valence-corrected chi connectivity index (χ4v) is 3.82. The van der Waals surface area contributed by atoms with Crippen molar-refractivity contribution in [2.45, 2.75) is 13.3 Å². The van der Waals surface area contributed by atoms with Gasteiger partial charge in [0.1, 0.15) is 17.3 Å². The Labute approximate surface area is 172 Å². The number of hydrogen-bond acceptors (Lipinski definition) is 6. The van der Waals surface area contributed by atoms with E-state index in [0.29, 0.717) is 18.0 Å². The van der Waals surface area contributed by atoms with Crippen LogP contribution in [0.1, 0.15) is 13.3 Å². The van der Waals surface area contributed by atoms with Crippen LogP contribution >= 0.6 is 11.3 Å². The van der Waals surface area contributed by atoms with Crippen LogP contribution in [0.15, 0.2) is 48.0 Å². The molecule has 3 heterocycles. The molecule has 0 saturated carbocycles. The zero-order valence-corrected chi connectivity index (χ0v) is 16.7. The largest absolute Gasteiger partial charge is 0.482 e. The Balaban J connectivity index is 1.62. The number of pyridine rings is 1. The van der Waals surface area contributed by atoms with Gasteiger partial charge in [-0.2, -0.15) is 0 Å². The van der Waals surface area contributed by atoms with E-state index in [1.165, 1.54) is 16.2 Å². The molecular formula is C21H20N4O3S. The molecule has 2 amide bonds. The SMILES string of the molecule is CCCNC(=O)CN1C(=O)COc2ccc(-c3csc(-c4ccccn4)n3)cc21. The maximum Gasteiger partial charge on any atom is 0.265 e. The van der Waals surface area contributed by atoms with Gasteiger partial charge in [-0.1, -0.05) is 13.0 Å². The van der Waals surface area contributed by atoms with E-state index in [-0.39, 0.29) is 25.0 Å². The first-order valence-electron chi connectivity index (χ1n) is 9.37. The summed E-state index contributed by atoms with van der Waals surface area (Å²) in [7, 11) is 0. The number of carbonyl (C=O) groups excluding carboxylic acids is 2. The molecule has 7 nitrogen and oxygen atoms in total. The zero-order chi connectivity index (χ0) is 20.2. The number of benzene rings is 1. The Hall–Kier alpha value is -3.26. The van der Waals surface area contributed by atoms with E-state index >= 15 is 0 Å². The van der Waals surface area contributed by atoms with Gasteiger partial charge >= 0.3 is 0 Å². The third-order valence-corrected chi connectivity index (χ3v) is 5.32. The molecule has 29 heavy (non-hydrogen) atoms. The molecule has 0 unspecified atom stereocenters. The minimum absolute atomic E-state index is 0.0328. The summed E-state index contributed by atoms with van der Waals surface area (Å²) in [6.07, 6.45) is 2.58. The second-order valence-electron chi connectivity index (χ2n) is 6.55. The van der Waals surface area contributed by atoms with Gasteiger partial charge in [-0.25, -0.2) is 4.98 Å². The van der Waals surface area contributed by atoms with Crippen molar-refractivity contribution in [2.24, 2.45) is 0 Å². The summed E-state index contributed by atoms with van der Waals surface area (Å²) in [5.41, 5.74) is 3.03. The van der Waals surface area contributed by atoms with Crippen LogP contribution in [-0.2, 0) is 9.59 Å². The lowest BCUT2D eigenvalue weighted by atomic mass is 10.1. The highest BCUT2D eigenvalue weighted by molar-refractivity contribution is 7.13. The van der Waals surface area contributed by atoms with E-state index in [4.69, 9.17) is 4.74 Å². The van der Waals surface area contributed by atoms with Crippen LogP contribution < -0.4 is 15.0 Å². The van der Waals surface area contributed by atoms with Crippen molar-refractivity contribution in [1.29, 1.82) is 0 Å². The number of rotatable bonds is 6.